The van der Waals surface area contributed by atoms with Gasteiger partial charge in [-0.1, -0.05) is 18.6 Å². The van der Waals surface area contributed by atoms with Gasteiger partial charge in [-0.05, 0) is 48.5 Å². The summed E-state index contributed by atoms with van der Waals surface area (Å²) in [4.78, 5) is 23.2. The van der Waals surface area contributed by atoms with Crippen molar-refractivity contribution in [1.82, 2.24) is 5.32 Å². The Morgan fingerprint density at radius 1 is 1.12 bits per heavy atom. The molecular weight excluding hydrogens is 358 g/mol. The van der Waals surface area contributed by atoms with Crippen molar-refractivity contribution in [3.63, 3.8) is 0 Å². The maximum Gasteiger partial charge on any atom is 0.308 e. The standard InChI is InChI=1S/C18H23NO4S2/c20-16(19-15-4-1-3-14(15)17(21)22)11-23-13-7-5-12(6-8-13)18-24-9-2-10-25-18/h5-8,14-15,18H,1-4,9-11H2,(H,19,20)(H,21,22)/t14-,15+/m1/s1. The number of amides is 1. The van der Waals surface area contributed by atoms with Crippen molar-refractivity contribution in [2.75, 3.05) is 18.1 Å². The fraction of sp³-hybridized carbons (Fsp3) is 0.556. The van der Waals surface area contributed by atoms with E-state index in [0.29, 0.717) is 23.2 Å². The molecule has 0 aromatic heterocycles. The Hall–Kier alpha value is -1.34. The Bertz CT molecular complexity index is 602. The van der Waals surface area contributed by atoms with Crippen molar-refractivity contribution < 1.29 is 19.4 Å². The van der Waals surface area contributed by atoms with E-state index in [1.54, 1.807) is 0 Å². The number of rotatable bonds is 6. The number of hydrogen-bond acceptors (Lipinski definition) is 5. The molecular formula is C18H23NO4S2. The van der Waals surface area contributed by atoms with Crippen LogP contribution in [0.2, 0.25) is 0 Å². The summed E-state index contributed by atoms with van der Waals surface area (Å²) < 4.78 is 6.03. The molecule has 1 aromatic rings. The quantitative estimate of drug-likeness (QED) is 0.787. The molecule has 1 heterocycles. The van der Waals surface area contributed by atoms with E-state index >= 15 is 0 Å². The number of aliphatic carboxylic acids is 1. The lowest BCUT2D eigenvalue weighted by molar-refractivity contribution is -0.142. The number of thioether (sulfide) groups is 2. The molecule has 0 radical (unpaired) electrons. The first-order valence-corrected chi connectivity index (χ1v) is 10.7. The lowest BCUT2D eigenvalue weighted by Crippen LogP contribution is -2.42. The van der Waals surface area contributed by atoms with Gasteiger partial charge in [0.05, 0.1) is 10.5 Å². The molecule has 2 aliphatic rings. The molecule has 2 fully saturated rings. The molecule has 0 bridgehead atoms. The average molecular weight is 382 g/mol. The lowest BCUT2D eigenvalue weighted by Gasteiger charge is -2.21. The van der Waals surface area contributed by atoms with Crippen molar-refractivity contribution in [2.45, 2.75) is 36.3 Å². The Kier molecular flexibility index (Phi) is 6.53. The van der Waals surface area contributed by atoms with Crippen LogP contribution in [0.1, 0.15) is 35.8 Å². The zero-order valence-electron chi connectivity index (χ0n) is 14.0. The Morgan fingerprint density at radius 3 is 2.52 bits per heavy atom. The molecule has 1 aromatic carbocycles. The fourth-order valence-corrected chi connectivity index (χ4v) is 6.12. The minimum atomic E-state index is -0.835. The van der Waals surface area contributed by atoms with Crippen molar-refractivity contribution in [1.29, 1.82) is 0 Å². The second-order valence-corrected chi connectivity index (χ2v) is 9.06. The Balaban J connectivity index is 1.46. The highest BCUT2D eigenvalue weighted by atomic mass is 32.2. The molecule has 0 spiro atoms. The molecule has 1 saturated carbocycles. The molecule has 1 saturated heterocycles. The van der Waals surface area contributed by atoms with Gasteiger partial charge < -0.3 is 15.2 Å². The summed E-state index contributed by atoms with van der Waals surface area (Å²) in [7, 11) is 0. The van der Waals surface area contributed by atoms with Gasteiger partial charge in [0.2, 0.25) is 0 Å². The summed E-state index contributed by atoms with van der Waals surface area (Å²) in [6.07, 6.45) is 3.45. The van der Waals surface area contributed by atoms with Crippen LogP contribution in [0, 0.1) is 5.92 Å². The zero-order chi connectivity index (χ0) is 17.6. The summed E-state index contributed by atoms with van der Waals surface area (Å²) >= 11 is 3.94. The summed E-state index contributed by atoms with van der Waals surface area (Å²) in [5.41, 5.74) is 1.28. The molecule has 2 N–H and O–H groups in total. The van der Waals surface area contributed by atoms with Crippen LogP contribution >= 0.6 is 23.5 Å². The van der Waals surface area contributed by atoms with Crippen LogP contribution in [-0.2, 0) is 9.59 Å². The minimum Gasteiger partial charge on any atom is -0.484 e. The molecule has 1 aliphatic heterocycles. The number of carboxylic acid groups (broad SMARTS) is 1. The average Bonchev–Trinajstić information content (AvgIpc) is 3.09. The van der Waals surface area contributed by atoms with E-state index in [1.807, 2.05) is 35.7 Å². The molecule has 3 rings (SSSR count). The number of ether oxygens (including phenoxy) is 1. The van der Waals surface area contributed by atoms with Crippen LogP contribution in [0.5, 0.6) is 5.75 Å². The van der Waals surface area contributed by atoms with Crippen LogP contribution in [0.15, 0.2) is 24.3 Å². The highest BCUT2D eigenvalue weighted by Crippen LogP contribution is 2.43. The van der Waals surface area contributed by atoms with Crippen molar-refractivity contribution in [2.24, 2.45) is 5.92 Å². The van der Waals surface area contributed by atoms with Gasteiger partial charge in [0.25, 0.3) is 5.91 Å². The van der Waals surface area contributed by atoms with E-state index < -0.39 is 11.9 Å². The molecule has 2 atom stereocenters. The highest BCUT2D eigenvalue weighted by Gasteiger charge is 2.33. The van der Waals surface area contributed by atoms with Crippen LogP contribution in [0.3, 0.4) is 0 Å². The molecule has 136 valence electrons. The van der Waals surface area contributed by atoms with Crippen LogP contribution in [-0.4, -0.2) is 41.1 Å². The van der Waals surface area contributed by atoms with E-state index in [4.69, 9.17) is 9.84 Å². The van der Waals surface area contributed by atoms with Gasteiger partial charge >= 0.3 is 5.97 Å². The van der Waals surface area contributed by atoms with Gasteiger partial charge in [-0.15, -0.1) is 23.5 Å². The number of hydrogen-bond donors (Lipinski definition) is 2. The number of carbonyl (C=O) groups excluding carboxylic acids is 1. The summed E-state index contributed by atoms with van der Waals surface area (Å²) in [5, 5.41) is 11.9. The monoisotopic (exact) mass is 381 g/mol. The second kappa shape index (κ2) is 8.85. The second-order valence-electron chi connectivity index (χ2n) is 6.33. The number of nitrogens with one attached hydrogen (secondary N) is 1. The van der Waals surface area contributed by atoms with Crippen molar-refractivity contribution >= 4 is 35.4 Å². The first-order valence-electron chi connectivity index (χ1n) is 8.61. The van der Waals surface area contributed by atoms with Gasteiger partial charge in [0, 0.05) is 6.04 Å². The third-order valence-electron chi connectivity index (χ3n) is 4.53. The van der Waals surface area contributed by atoms with Gasteiger partial charge in [0.1, 0.15) is 5.75 Å². The predicted octanol–water partition coefficient (Wildman–Crippen LogP) is 3.30. The number of benzene rings is 1. The summed E-state index contributed by atoms with van der Waals surface area (Å²) in [5.74, 6) is 1.49. The molecule has 1 amide bonds. The molecule has 5 nitrogen and oxygen atoms in total. The van der Waals surface area contributed by atoms with Gasteiger partial charge in [-0.2, -0.15) is 0 Å². The van der Waals surface area contributed by atoms with E-state index in [2.05, 4.69) is 17.4 Å². The third kappa shape index (κ3) is 5.07. The first-order chi connectivity index (χ1) is 12.1. The molecule has 1 aliphatic carbocycles. The lowest BCUT2D eigenvalue weighted by atomic mass is 10.0. The van der Waals surface area contributed by atoms with Crippen LogP contribution in [0.4, 0.5) is 0 Å². The van der Waals surface area contributed by atoms with Gasteiger partial charge in [0.15, 0.2) is 6.61 Å². The Labute approximate surface area is 156 Å². The number of carbonyl (C=O) groups is 2. The summed E-state index contributed by atoms with van der Waals surface area (Å²) in [6.45, 7) is -0.0882. The Morgan fingerprint density at radius 2 is 1.84 bits per heavy atom. The van der Waals surface area contributed by atoms with Crippen LogP contribution in [0.25, 0.3) is 0 Å². The van der Waals surface area contributed by atoms with E-state index in [-0.39, 0.29) is 18.6 Å². The van der Waals surface area contributed by atoms with Gasteiger partial charge in [-0.25, -0.2) is 0 Å². The predicted molar refractivity (Wildman–Crippen MR) is 101 cm³/mol. The minimum absolute atomic E-state index is 0.0882. The van der Waals surface area contributed by atoms with E-state index in [1.165, 1.54) is 23.5 Å². The summed E-state index contributed by atoms with van der Waals surface area (Å²) in [6, 6.07) is 7.62. The van der Waals surface area contributed by atoms with Crippen molar-refractivity contribution in [3.8, 4) is 5.75 Å². The topological polar surface area (TPSA) is 75.6 Å². The largest absolute Gasteiger partial charge is 0.484 e. The molecule has 25 heavy (non-hydrogen) atoms. The number of carboxylic acids is 1. The van der Waals surface area contributed by atoms with Crippen LogP contribution < -0.4 is 10.1 Å². The fourth-order valence-electron chi connectivity index (χ4n) is 3.23. The van der Waals surface area contributed by atoms with E-state index in [0.717, 1.165) is 6.42 Å². The normalized spacial score (nSPS) is 24.0. The maximum atomic E-state index is 12.0. The smallest absolute Gasteiger partial charge is 0.308 e. The highest BCUT2D eigenvalue weighted by molar-refractivity contribution is 8.16. The van der Waals surface area contributed by atoms with Gasteiger partial charge in [-0.3, -0.25) is 9.59 Å². The SMILES string of the molecule is O=C(COc1ccc(C2SCCCS2)cc1)N[C@H]1CCC[C@H]1C(=O)O. The maximum absolute atomic E-state index is 12.0. The van der Waals surface area contributed by atoms with E-state index in [9.17, 15) is 9.59 Å². The first kappa shape index (κ1) is 18.5. The molecule has 7 heteroatoms. The van der Waals surface area contributed by atoms with Crippen molar-refractivity contribution in [3.05, 3.63) is 29.8 Å². The third-order valence-corrected chi connectivity index (χ3v) is 7.54. The zero-order valence-corrected chi connectivity index (χ0v) is 15.6. The molecule has 0 unspecified atom stereocenters.